The first-order valence-corrected chi connectivity index (χ1v) is 8.55. The fourth-order valence-electron chi connectivity index (χ4n) is 2.24. The van der Waals surface area contributed by atoms with E-state index >= 15 is 0 Å². The van der Waals surface area contributed by atoms with Crippen molar-refractivity contribution < 1.29 is 24.2 Å². The molecule has 6 nitrogen and oxygen atoms in total. The smallest absolute Gasteiger partial charge is 0.302 e. The molecular formula is C14H23NO5S2. The third kappa shape index (κ3) is 5.19. The molecule has 0 bridgehead atoms. The van der Waals surface area contributed by atoms with Gasteiger partial charge in [-0.1, -0.05) is 24.0 Å². The van der Waals surface area contributed by atoms with Gasteiger partial charge in [0.15, 0.2) is 5.78 Å². The van der Waals surface area contributed by atoms with Gasteiger partial charge in [0.1, 0.15) is 28.1 Å². The monoisotopic (exact) mass is 349 g/mol. The zero-order valence-electron chi connectivity index (χ0n) is 13.3. The molecule has 0 aromatic rings. The van der Waals surface area contributed by atoms with Crippen molar-refractivity contribution in [2.45, 2.75) is 57.9 Å². The number of thiocarbonyl (C=S) groups is 1. The van der Waals surface area contributed by atoms with E-state index in [1.807, 2.05) is 18.7 Å². The van der Waals surface area contributed by atoms with Gasteiger partial charge in [0.25, 0.3) is 0 Å². The van der Waals surface area contributed by atoms with Gasteiger partial charge in [-0.3, -0.25) is 9.59 Å². The summed E-state index contributed by atoms with van der Waals surface area (Å²) < 4.78 is 11.4. The zero-order chi connectivity index (χ0) is 16.9. The minimum absolute atomic E-state index is 0.288. The van der Waals surface area contributed by atoms with Crippen LogP contribution < -0.4 is 0 Å². The number of thioether (sulfide) groups is 1. The lowest BCUT2D eigenvalue weighted by molar-refractivity contribution is -0.182. The van der Waals surface area contributed by atoms with Gasteiger partial charge in [-0.25, -0.2) is 0 Å². The Morgan fingerprint density at radius 3 is 2.41 bits per heavy atom. The molecule has 0 radical (unpaired) electrons. The average Bonchev–Trinajstić information content (AvgIpc) is 2.42. The number of hydrogen-bond acceptors (Lipinski definition) is 7. The van der Waals surface area contributed by atoms with Gasteiger partial charge in [-0.15, -0.1) is 0 Å². The van der Waals surface area contributed by atoms with Crippen LogP contribution >= 0.6 is 24.0 Å². The first-order chi connectivity index (χ1) is 10.3. The topological polar surface area (TPSA) is 76.1 Å². The Hall–Kier alpha value is -0.700. The van der Waals surface area contributed by atoms with Gasteiger partial charge in [0, 0.05) is 26.4 Å². The van der Waals surface area contributed by atoms with E-state index in [0.717, 1.165) is 13.1 Å². The van der Waals surface area contributed by atoms with E-state index in [4.69, 9.17) is 21.7 Å². The van der Waals surface area contributed by atoms with Crippen LogP contribution in [0.3, 0.4) is 0 Å². The zero-order valence-corrected chi connectivity index (χ0v) is 14.9. The molecule has 126 valence electrons. The predicted octanol–water partition coefficient (Wildman–Crippen LogP) is 1.34. The molecule has 1 N–H and O–H groups in total. The van der Waals surface area contributed by atoms with Gasteiger partial charge in [0.2, 0.25) is 0 Å². The number of rotatable bonds is 5. The molecule has 0 aliphatic carbocycles. The number of nitrogens with zero attached hydrogens (tertiary/aromatic N) is 1. The highest BCUT2D eigenvalue weighted by atomic mass is 32.2. The summed E-state index contributed by atoms with van der Waals surface area (Å²) >= 11 is 6.68. The number of aliphatic hydroxyl groups excluding tert-OH is 1. The predicted molar refractivity (Wildman–Crippen MR) is 88.6 cm³/mol. The number of ether oxygens (including phenoxy) is 2. The van der Waals surface area contributed by atoms with Gasteiger partial charge < -0.3 is 19.5 Å². The van der Waals surface area contributed by atoms with E-state index in [2.05, 4.69) is 0 Å². The first-order valence-electron chi connectivity index (χ1n) is 7.26. The van der Waals surface area contributed by atoms with E-state index in [1.165, 1.54) is 25.6 Å². The van der Waals surface area contributed by atoms with Crippen LogP contribution in [0.25, 0.3) is 0 Å². The summed E-state index contributed by atoms with van der Waals surface area (Å²) in [7, 11) is 0. The lowest BCUT2D eigenvalue weighted by Gasteiger charge is -2.38. The van der Waals surface area contributed by atoms with Crippen molar-refractivity contribution in [2.75, 3.05) is 13.1 Å². The second-order valence-corrected chi connectivity index (χ2v) is 6.82. The molecule has 1 saturated heterocycles. The third-order valence-corrected chi connectivity index (χ3v) is 4.96. The Balaban J connectivity index is 2.80. The van der Waals surface area contributed by atoms with Crippen LogP contribution in [0.4, 0.5) is 0 Å². The average molecular weight is 349 g/mol. The summed E-state index contributed by atoms with van der Waals surface area (Å²) in [4.78, 5) is 24.8. The summed E-state index contributed by atoms with van der Waals surface area (Å²) in [5.74, 6) is -0.799. The fourth-order valence-corrected chi connectivity index (χ4v) is 3.91. The van der Waals surface area contributed by atoms with Crippen LogP contribution in [0.5, 0.6) is 0 Å². The number of carbonyl (C=O) groups excluding carboxylic acids is 2. The molecule has 1 fully saturated rings. The second-order valence-electron chi connectivity index (χ2n) is 5.03. The highest BCUT2D eigenvalue weighted by molar-refractivity contribution is 8.23. The maximum atomic E-state index is 11.6. The van der Waals surface area contributed by atoms with Gasteiger partial charge in [0.05, 0.1) is 0 Å². The molecule has 8 heteroatoms. The molecule has 22 heavy (non-hydrogen) atoms. The van der Waals surface area contributed by atoms with Crippen LogP contribution in [0, 0.1) is 0 Å². The Bertz CT molecular complexity index is 427. The van der Waals surface area contributed by atoms with E-state index < -0.39 is 29.7 Å². The lowest BCUT2D eigenvalue weighted by atomic mass is 9.99. The standard InChI is InChI=1S/C14H23NO5S2/c1-5-15(6-2)14(21)22-11-7-10(19-9(4)17)12(18)13(20-11)8(3)16/h10-13,18H,5-7H2,1-4H3. The number of ketones is 1. The lowest BCUT2D eigenvalue weighted by Crippen LogP contribution is -2.52. The molecule has 1 aliphatic heterocycles. The molecule has 0 aromatic carbocycles. The molecule has 0 amide bonds. The van der Waals surface area contributed by atoms with Crippen molar-refractivity contribution >= 4 is 40.1 Å². The van der Waals surface area contributed by atoms with E-state index in [1.54, 1.807) is 0 Å². The molecule has 4 unspecified atom stereocenters. The summed E-state index contributed by atoms with van der Waals surface area (Å²) in [6.07, 6.45) is -2.64. The van der Waals surface area contributed by atoms with Crippen molar-refractivity contribution in [3.05, 3.63) is 0 Å². The quantitative estimate of drug-likeness (QED) is 0.589. The largest absolute Gasteiger partial charge is 0.460 e. The Kier molecular flexibility index (Phi) is 7.75. The molecule has 0 saturated carbocycles. The summed E-state index contributed by atoms with van der Waals surface area (Å²) in [6.45, 7) is 8.17. The van der Waals surface area contributed by atoms with Gasteiger partial charge in [-0.2, -0.15) is 0 Å². The van der Waals surface area contributed by atoms with E-state index in [9.17, 15) is 14.7 Å². The third-order valence-electron chi connectivity index (χ3n) is 3.39. The summed E-state index contributed by atoms with van der Waals surface area (Å²) in [5, 5.41) is 10.1. The fraction of sp³-hybridized carbons (Fsp3) is 0.786. The highest BCUT2D eigenvalue weighted by Gasteiger charge is 2.42. The van der Waals surface area contributed by atoms with Crippen LogP contribution in [-0.4, -0.2) is 62.9 Å². The molecule has 0 spiro atoms. The SMILES string of the molecule is CCN(CC)C(=S)SC1CC(OC(C)=O)C(O)C(C(C)=O)O1. The second kappa shape index (κ2) is 8.81. The molecule has 1 aliphatic rings. The van der Waals surface area contributed by atoms with Crippen molar-refractivity contribution in [1.29, 1.82) is 0 Å². The van der Waals surface area contributed by atoms with Crippen molar-refractivity contribution in [3.8, 4) is 0 Å². The number of carbonyl (C=O) groups is 2. The normalized spacial score (nSPS) is 28.0. The molecule has 4 atom stereocenters. The van der Waals surface area contributed by atoms with Crippen LogP contribution in [-0.2, 0) is 19.1 Å². The van der Waals surface area contributed by atoms with Crippen LogP contribution in [0.15, 0.2) is 0 Å². The minimum atomic E-state index is -1.15. The highest BCUT2D eigenvalue weighted by Crippen LogP contribution is 2.31. The number of esters is 1. The first kappa shape index (κ1) is 19.3. The van der Waals surface area contributed by atoms with Crippen LogP contribution in [0.1, 0.15) is 34.1 Å². The van der Waals surface area contributed by atoms with Crippen molar-refractivity contribution in [3.63, 3.8) is 0 Å². The Morgan fingerprint density at radius 2 is 1.95 bits per heavy atom. The molecule has 1 rings (SSSR count). The number of Topliss-reactive ketones (excluding diaryl/α,β-unsaturated/α-hetero) is 1. The summed E-state index contributed by atoms with van der Waals surface area (Å²) in [5.41, 5.74) is -0.435. The number of hydrogen-bond donors (Lipinski definition) is 1. The van der Waals surface area contributed by atoms with E-state index in [0.29, 0.717) is 4.32 Å². The molecular weight excluding hydrogens is 326 g/mol. The van der Waals surface area contributed by atoms with E-state index in [-0.39, 0.29) is 12.2 Å². The molecule has 0 aromatic heterocycles. The van der Waals surface area contributed by atoms with Crippen molar-refractivity contribution in [2.24, 2.45) is 0 Å². The van der Waals surface area contributed by atoms with Gasteiger partial charge in [-0.05, 0) is 20.8 Å². The maximum absolute atomic E-state index is 11.6. The maximum Gasteiger partial charge on any atom is 0.302 e. The summed E-state index contributed by atoms with van der Waals surface area (Å²) in [6, 6.07) is 0. The Labute approximate surface area is 140 Å². The van der Waals surface area contributed by atoms with Crippen molar-refractivity contribution in [1.82, 2.24) is 4.90 Å². The number of aliphatic hydroxyl groups is 1. The minimum Gasteiger partial charge on any atom is -0.460 e. The Morgan fingerprint density at radius 1 is 1.36 bits per heavy atom. The van der Waals surface area contributed by atoms with Crippen LogP contribution in [0.2, 0.25) is 0 Å². The molecule has 1 heterocycles. The van der Waals surface area contributed by atoms with Gasteiger partial charge >= 0.3 is 5.97 Å².